The molecule has 0 radical (unpaired) electrons. The van der Waals surface area contributed by atoms with E-state index < -0.39 is 0 Å². The van der Waals surface area contributed by atoms with E-state index in [1.807, 2.05) is 0 Å². The van der Waals surface area contributed by atoms with Gasteiger partial charge in [-0.25, -0.2) is 0 Å². The summed E-state index contributed by atoms with van der Waals surface area (Å²) in [6.45, 7) is 6.82. The normalized spacial score (nSPS) is 27.7. The largest absolute Gasteiger partial charge is 0.354 e. The molecule has 2 N–H and O–H groups in total. The van der Waals surface area contributed by atoms with Gasteiger partial charge >= 0.3 is 0 Å². The van der Waals surface area contributed by atoms with Gasteiger partial charge in [-0.3, -0.25) is 4.79 Å². The summed E-state index contributed by atoms with van der Waals surface area (Å²) in [5.41, 5.74) is -0.141. The minimum absolute atomic E-state index is 0.141. The molecule has 4 heteroatoms. The molecule has 1 saturated heterocycles. The molecule has 0 aliphatic carbocycles. The predicted octanol–water partition coefficient (Wildman–Crippen LogP) is 1.24. The van der Waals surface area contributed by atoms with Crippen LogP contribution in [0.2, 0.25) is 0 Å². The van der Waals surface area contributed by atoms with E-state index in [9.17, 15) is 4.79 Å². The van der Waals surface area contributed by atoms with E-state index in [-0.39, 0.29) is 11.3 Å². The molecule has 0 saturated carbocycles. The molecule has 0 bridgehead atoms. The van der Waals surface area contributed by atoms with Gasteiger partial charge in [0.25, 0.3) is 0 Å². The van der Waals surface area contributed by atoms with Crippen molar-refractivity contribution in [2.24, 2.45) is 5.41 Å². The first kappa shape index (κ1) is 12.8. The number of thioether (sulfide) groups is 1. The van der Waals surface area contributed by atoms with Gasteiger partial charge in [-0.05, 0) is 25.6 Å². The monoisotopic (exact) mass is 230 g/mol. The van der Waals surface area contributed by atoms with E-state index in [2.05, 4.69) is 30.7 Å². The lowest BCUT2D eigenvalue weighted by Crippen LogP contribution is -2.43. The zero-order valence-corrected chi connectivity index (χ0v) is 10.7. The molecule has 0 spiro atoms. The summed E-state index contributed by atoms with van der Waals surface area (Å²) in [6, 6.07) is 0. The topological polar surface area (TPSA) is 41.1 Å². The van der Waals surface area contributed by atoms with E-state index >= 15 is 0 Å². The summed E-state index contributed by atoms with van der Waals surface area (Å²) in [4.78, 5) is 12.1. The standard InChI is InChI=1S/C11H22N2OS/c1-4-11(5-6-12-8-11)10(14)13-7-9(2)15-3/h9,12H,4-8H2,1-3H3,(H,13,14)/t9-,11-/m1/s1. The Balaban J connectivity index is 2.44. The predicted molar refractivity (Wildman–Crippen MR) is 66.2 cm³/mol. The average Bonchev–Trinajstić information content (AvgIpc) is 2.75. The fourth-order valence-electron chi connectivity index (χ4n) is 1.91. The fraction of sp³-hybridized carbons (Fsp3) is 0.909. The number of hydrogen-bond acceptors (Lipinski definition) is 3. The Kier molecular flexibility index (Phi) is 4.93. The highest BCUT2D eigenvalue weighted by molar-refractivity contribution is 7.99. The lowest BCUT2D eigenvalue weighted by Gasteiger charge is -2.25. The van der Waals surface area contributed by atoms with Crippen molar-refractivity contribution in [1.82, 2.24) is 10.6 Å². The third kappa shape index (κ3) is 3.11. The SMILES string of the molecule is CC[C@@]1(C(=O)NC[C@@H](C)SC)CCNC1. The van der Waals surface area contributed by atoms with Crippen LogP contribution >= 0.6 is 11.8 Å². The van der Waals surface area contributed by atoms with Crippen molar-refractivity contribution in [3.8, 4) is 0 Å². The van der Waals surface area contributed by atoms with Crippen LogP contribution in [0.1, 0.15) is 26.7 Å². The van der Waals surface area contributed by atoms with Crippen molar-refractivity contribution in [2.75, 3.05) is 25.9 Å². The Hall–Kier alpha value is -0.220. The summed E-state index contributed by atoms with van der Waals surface area (Å²) >= 11 is 1.79. The van der Waals surface area contributed by atoms with Crippen LogP contribution in [-0.4, -0.2) is 37.0 Å². The number of carbonyl (C=O) groups is 1. The molecular weight excluding hydrogens is 208 g/mol. The Labute approximate surface area is 96.8 Å². The number of rotatable bonds is 5. The third-order valence-corrected chi connectivity index (χ3v) is 4.33. The van der Waals surface area contributed by atoms with Gasteiger partial charge in [-0.1, -0.05) is 13.8 Å². The van der Waals surface area contributed by atoms with Gasteiger partial charge in [0.1, 0.15) is 0 Å². The number of carbonyl (C=O) groups excluding carboxylic acids is 1. The lowest BCUT2D eigenvalue weighted by atomic mass is 9.83. The van der Waals surface area contributed by atoms with Crippen LogP contribution < -0.4 is 10.6 Å². The maximum absolute atomic E-state index is 12.1. The Morgan fingerprint density at radius 1 is 1.67 bits per heavy atom. The van der Waals surface area contributed by atoms with Gasteiger partial charge in [0.15, 0.2) is 0 Å². The second-order valence-corrected chi connectivity index (χ2v) is 5.59. The average molecular weight is 230 g/mol. The molecule has 1 aliphatic rings. The number of nitrogens with one attached hydrogen (secondary N) is 2. The van der Waals surface area contributed by atoms with Crippen molar-refractivity contribution in [2.45, 2.75) is 31.9 Å². The number of hydrogen-bond donors (Lipinski definition) is 2. The first-order valence-electron chi connectivity index (χ1n) is 5.66. The zero-order valence-electron chi connectivity index (χ0n) is 9.93. The quantitative estimate of drug-likeness (QED) is 0.747. The highest BCUT2D eigenvalue weighted by atomic mass is 32.2. The van der Waals surface area contributed by atoms with Gasteiger partial charge in [-0.2, -0.15) is 11.8 Å². The molecule has 1 rings (SSSR count). The maximum atomic E-state index is 12.1. The molecule has 0 aromatic carbocycles. The molecule has 0 unspecified atom stereocenters. The minimum Gasteiger partial charge on any atom is -0.354 e. The summed E-state index contributed by atoms with van der Waals surface area (Å²) in [7, 11) is 0. The van der Waals surface area contributed by atoms with E-state index in [0.717, 1.165) is 32.5 Å². The molecular formula is C11H22N2OS. The maximum Gasteiger partial charge on any atom is 0.227 e. The third-order valence-electron chi connectivity index (χ3n) is 3.35. The van der Waals surface area contributed by atoms with Crippen LogP contribution in [0.3, 0.4) is 0 Å². The molecule has 3 nitrogen and oxygen atoms in total. The van der Waals surface area contributed by atoms with Crippen LogP contribution in [0, 0.1) is 5.41 Å². The Morgan fingerprint density at radius 2 is 2.40 bits per heavy atom. The van der Waals surface area contributed by atoms with Gasteiger partial charge in [0, 0.05) is 18.3 Å². The second kappa shape index (κ2) is 5.75. The molecule has 1 aliphatic heterocycles. The molecule has 15 heavy (non-hydrogen) atoms. The Morgan fingerprint density at radius 3 is 2.87 bits per heavy atom. The summed E-state index contributed by atoms with van der Waals surface area (Å²) in [6.07, 6.45) is 3.98. The second-order valence-electron chi connectivity index (χ2n) is 4.32. The van der Waals surface area contributed by atoms with Gasteiger partial charge in [-0.15, -0.1) is 0 Å². The van der Waals surface area contributed by atoms with Crippen LogP contribution in [-0.2, 0) is 4.79 Å². The highest BCUT2D eigenvalue weighted by Gasteiger charge is 2.39. The van der Waals surface area contributed by atoms with E-state index in [0.29, 0.717) is 5.25 Å². The molecule has 1 amide bonds. The minimum atomic E-state index is -0.141. The molecule has 88 valence electrons. The van der Waals surface area contributed by atoms with E-state index in [4.69, 9.17) is 0 Å². The van der Waals surface area contributed by atoms with Gasteiger partial charge in [0.2, 0.25) is 5.91 Å². The van der Waals surface area contributed by atoms with Crippen molar-refractivity contribution >= 4 is 17.7 Å². The molecule has 1 heterocycles. The summed E-state index contributed by atoms with van der Waals surface area (Å²) in [5, 5.41) is 6.85. The molecule has 0 aromatic rings. The summed E-state index contributed by atoms with van der Waals surface area (Å²) < 4.78 is 0. The van der Waals surface area contributed by atoms with Crippen molar-refractivity contribution < 1.29 is 4.79 Å². The van der Waals surface area contributed by atoms with Crippen LogP contribution in [0.5, 0.6) is 0 Å². The zero-order chi connectivity index (χ0) is 11.3. The van der Waals surface area contributed by atoms with Crippen molar-refractivity contribution in [1.29, 1.82) is 0 Å². The Bertz CT molecular complexity index is 215. The summed E-state index contributed by atoms with van der Waals surface area (Å²) in [5.74, 6) is 0.232. The van der Waals surface area contributed by atoms with Crippen LogP contribution in [0.15, 0.2) is 0 Å². The number of amides is 1. The molecule has 1 fully saturated rings. The first-order valence-corrected chi connectivity index (χ1v) is 6.95. The van der Waals surface area contributed by atoms with E-state index in [1.165, 1.54) is 0 Å². The smallest absolute Gasteiger partial charge is 0.227 e. The molecule has 2 atom stereocenters. The van der Waals surface area contributed by atoms with Crippen molar-refractivity contribution in [3.63, 3.8) is 0 Å². The van der Waals surface area contributed by atoms with Crippen molar-refractivity contribution in [3.05, 3.63) is 0 Å². The van der Waals surface area contributed by atoms with E-state index in [1.54, 1.807) is 11.8 Å². The van der Waals surface area contributed by atoms with Gasteiger partial charge < -0.3 is 10.6 Å². The highest BCUT2D eigenvalue weighted by Crippen LogP contribution is 2.29. The fourth-order valence-corrected chi connectivity index (χ4v) is 2.16. The lowest BCUT2D eigenvalue weighted by molar-refractivity contribution is -0.130. The first-order chi connectivity index (χ1) is 7.14. The van der Waals surface area contributed by atoms with Crippen LogP contribution in [0.4, 0.5) is 0 Å². The molecule has 0 aromatic heterocycles. The van der Waals surface area contributed by atoms with Gasteiger partial charge in [0.05, 0.1) is 5.41 Å². The van der Waals surface area contributed by atoms with Crippen LogP contribution in [0.25, 0.3) is 0 Å².